The molecule has 0 bridgehead atoms. The molecule has 4 heterocycles. The van der Waals surface area contributed by atoms with Gasteiger partial charge in [-0.25, -0.2) is 4.79 Å². The summed E-state index contributed by atoms with van der Waals surface area (Å²) in [6.45, 7) is 1.23. The summed E-state index contributed by atoms with van der Waals surface area (Å²) >= 11 is 0. The van der Waals surface area contributed by atoms with Crippen LogP contribution in [0, 0.1) is 17.8 Å². The molecule has 6 rings (SSSR count). The van der Waals surface area contributed by atoms with Crippen molar-refractivity contribution in [3.05, 3.63) is 48.2 Å². The zero-order chi connectivity index (χ0) is 27.3. The maximum Gasteiger partial charge on any atom is 0.330 e. The van der Waals surface area contributed by atoms with Crippen molar-refractivity contribution in [3.8, 4) is 0 Å². The van der Waals surface area contributed by atoms with Gasteiger partial charge in [-0.3, -0.25) is 14.4 Å². The van der Waals surface area contributed by atoms with Crippen LogP contribution in [0.15, 0.2) is 42.5 Å². The van der Waals surface area contributed by atoms with Gasteiger partial charge in [0.15, 0.2) is 0 Å². The number of carboxylic acid groups (broad SMARTS) is 1. The number of para-hydroxylation sites is 1. The van der Waals surface area contributed by atoms with Crippen molar-refractivity contribution in [1.29, 1.82) is 0 Å². The molecule has 3 aliphatic heterocycles. The molecule has 1 aromatic heterocycles. The minimum Gasteiger partial charge on any atom is -0.479 e. The second kappa shape index (κ2) is 9.84. The summed E-state index contributed by atoms with van der Waals surface area (Å²) in [5, 5.41) is 13.9. The number of hydrogen-bond acceptors (Lipinski definition) is 4. The Morgan fingerprint density at radius 2 is 1.85 bits per heavy atom. The van der Waals surface area contributed by atoms with Gasteiger partial charge in [0.25, 0.3) is 5.91 Å². The van der Waals surface area contributed by atoms with Crippen molar-refractivity contribution in [3.63, 3.8) is 0 Å². The van der Waals surface area contributed by atoms with Crippen LogP contribution in [0.4, 0.5) is 0 Å². The van der Waals surface area contributed by atoms with Gasteiger partial charge in [-0.1, -0.05) is 43.2 Å². The number of benzene rings is 1. The number of carboxylic acids is 1. The van der Waals surface area contributed by atoms with E-state index >= 15 is 0 Å². The molecule has 9 heteroatoms. The van der Waals surface area contributed by atoms with E-state index in [4.69, 9.17) is 0 Å². The molecular weight excluding hydrogens is 496 g/mol. The number of nitrogens with one attached hydrogen (secondary N) is 1. The van der Waals surface area contributed by atoms with Crippen LogP contribution in [0.5, 0.6) is 0 Å². The fourth-order valence-electron chi connectivity index (χ4n) is 7.01. The van der Waals surface area contributed by atoms with E-state index < -0.39 is 23.5 Å². The third-order valence-electron chi connectivity index (χ3n) is 9.33. The average Bonchev–Trinajstić information content (AvgIpc) is 3.17. The quantitative estimate of drug-likeness (QED) is 0.578. The molecule has 206 valence electrons. The fourth-order valence-corrected chi connectivity index (χ4v) is 7.01. The lowest BCUT2D eigenvalue weighted by Crippen LogP contribution is -2.55. The number of fused-ring (bicyclic) bond motifs is 5. The summed E-state index contributed by atoms with van der Waals surface area (Å²) in [7, 11) is 1.88. The van der Waals surface area contributed by atoms with E-state index in [-0.39, 0.29) is 29.6 Å². The summed E-state index contributed by atoms with van der Waals surface area (Å²) in [6, 6.07) is 8.97. The summed E-state index contributed by atoms with van der Waals surface area (Å²) in [5.41, 5.74) is 0.246. The maximum absolute atomic E-state index is 13.8. The van der Waals surface area contributed by atoms with Crippen LogP contribution >= 0.6 is 0 Å². The third kappa shape index (κ3) is 4.41. The molecule has 3 fully saturated rings. The highest BCUT2D eigenvalue weighted by atomic mass is 16.4. The Bertz CT molecular complexity index is 1360. The molecular formula is C30H36N4O5. The van der Waals surface area contributed by atoms with Crippen LogP contribution in [-0.4, -0.2) is 74.4 Å². The van der Waals surface area contributed by atoms with Gasteiger partial charge in [-0.2, -0.15) is 0 Å². The Kier molecular flexibility index (Phi) is 6.47. The number of carbonyl (C=O) groups excluding carboxylic acids is 3. The summed E-state index contributed by atoms with van der Waals surface area (Å²) in [6.07, 6.45) is 9.29. The molecule has 1 aliphatic carbocycles. The van der Waals surface area contributed by atoms with Crippen LogP contribution in [0.3, 0.4) is 0 Å². The number of carbonyl (C=O) groups is 4. The van der Waals surface area contributed by atoms with Gasteiger partial charge in [0.1, 0.15) is 17.3 Å². The number of amides is 3. The number of allylic oxidation sites excluding steroid dienone is 1. The number of aromatic nitrogens is 1. The monoisotopic (exact) mass is 532 g/mol. The van der Waals surface area contributed by atoms with Gasteiger partial charge >= 0.3 is 5.97 Å². The van der Waals surface area contributed by atoms with Crippen LogP contribution in [0.1, 0.15) is 55.4 Å². The van der Waals surface area contributed by atoms with Crippen molar-refractivity contribution in [1.82, 2.24) is 19.7 Å². The lowest BCUT2D eigenvalue weighted by atomic mass is 9.93. The first-order chi connectivity index (χ1) is 18.8. The van der Waals surface area contributed by atoms with E-state index in [0.717, 1.165) is 43.0 Å². The normalized spacial score (nSPS) is 32.0. The highest BCUT2D eigenvalue weighted by Gasteiger charge is 2.62. The Labute approximate surface area is 227 Å². The summed E-state index contributed by atoms with van der Waals surface area (Å²) in [4.78, 5) is 56.5. The second-order valence-corrected chi connectivity index (χ2v) is 11.7. The number of aryl methyl sites for hydroxylation is 1. The van der Waals surface area contributed by atoms with E-state index in [0.29, 0.717) is 38.2 Å². The Balaban J connectivity index is 1.26. The first-order valence-corrected chi connectivity index (χ1v) is 14.2. The van der Waals surface area contributed by atoms with E-state index in [2.05, 4.69) is 5.32 Å². The Hall–Kier alpha value is -3.62. The molecule has 9 nitrogen and oxygen atoms in total. The second-order valence-electron chi connectivity index (χ2n) is 11.7. The molecule has 1 saturated carbocycles. The molecule has 5 atom stereocenters. The van der Waals surface area contributed by atoms with Crippen LogP contribution < -0.4 is 5.32 Å². The minimum atomic E-state index is -1.32. The number of likely N-dealkylation sites (tertiary alicyclic amines) is 1. The molecule has 1 aromatic carbocycles. The molecule has 0 unspecified atom stereocenters. The van der Waals surface area contributed by atoms with Crippen molar-refractivity contribution < 1.29 is 24.3 Å². The lowest BCUT2D eigenvalue weighted by molar-refractivity contribution is -0.145. The average molecular weight is 533 g/mol. The molecule has 2 aromatic rings. The van der Waals surface area contributed by atoms with E-state index in [1.165, 1.54) is 0 Å². The minimum absolute atomic E-state index is 0.0297. The highest BCUT2D eigenvalue weighted by molar-refractivity contribution is 5.99. The van der Waals surface area contributed by atoms with E-state index in [1.54, 1.807) is 9.80 Å². The van der Waals surface area contributed by atoms with Crippen molar-refractivity contribution in [2.24, 2.45) is 24.8 Å². The largest absolute Gasteiger partial charge is 0.479 e. The molecule has 2 N–H and O–H groups in total. The number of nitrogens with zero attached hydrogens (tertiary/aromatic N) is 3. The molecule has 0 spiro atoms. The first-order valence-electron chi connectivity index (χ1n) is 14.2. The van der Waals surface area contributed by atoms with Gasteiger partial charge in [0, 0.05) is 61.8 Å². The zero-order valence-electron chi connectivity index (χ0n) is 22.3. The number of aliphatic carboxylic acids is 1. The molecule has 39 heavy (non-hydrogen) atoms. The zero-order valence-corrected chi connectivity index (χ0v) is 22.3. The topological polar surface area (TPSA) is 112 Å². The summed E-state index contributed by atoms with van der Waals surface area (Å²) in [5.74, 6) is -2.11. The molecule has 4 aliphatic rings. The molecule has 2 saturated heterocycles. The van der Waals surface area contributed by atoms with Gasteiger partial charge in [-0.05, 0) is 37.8 Å². The Morgan fingerprint density at radius 3 is 2.64 bits per heavy atom. The van der Waals surface area contributed by atoms with Gasteiger partial charge in [0.2, 0.25) is 11.8 Å². The smallest absolute Gasteiger partial charge is 0.330 e. The van der Waals surface area contributed by atoms with Gasteiger partial charge in [0.05, 0.1) is 0 Å². The number of hydrogen-bond donors (Lipinski definition) is 2. The van der Waals surface area contributed by atoms with E-state index in [9.17, 15) is 24.3 Å². The SMILES string of the molecule is Cn1c(C(=O)N2C[C@H]3CN4C(=O)CCCCCC/C=C\[C@@H]5C[C@@]5(C(=O)O)NC(=O)[C@@H]4[C@H]3C2)cc2ccccc21. The van der Waals surface area contributed by atoms with Crippen LogP contribution in [0.25, 0.3) is 10.9 Å². The molecule has 3 amide bonds. The standard InChI is InChI=1S/C30H36N4O5/c1-32-23-12-9-8-10-19(23)14-24(32)28(37)33-16-20-17-34-25(35)13-7-5-3-2-4-6-11-21-15-30(21,29(38)39)31-27(36)26(34)22(20)18-33/h6,8-12,14,20-22,26H,2-5,7,13,15-18H2,1H3,(H,31,36)(H,38,39)/b11-6-/t20-,21+,22-,26-,30+/m0/s1. The first kappa shape index (κ1) is 25.6. The summed E-state index contributed by atoms with van der Waals surface area (Å²) < 4.78 is 1.90. The van der Waals surface area contributed by atoms with Crippen molar-refractivity contribution >= 4 is 34.6 Å². The third-order valence-corrected chi connectivity index (χ3v) is 9.33. The highest BCUT2D eigenvalue weighted by Crippen LogP contribution is 2.46. The van der Waals surface area contributed by atoms with Crippen LogP contribution in [0.2, 0.25) is 0 Å². The van der Waals surface area contributed by atoms with Crippen LogP contribution in [-0.2, 0) is 21.4 Å². The van der Waals surface area contributed by atoms with Gasteiger partial charge in [-0.15, -0.1) is 0 Å². The van der Waals surface area contributed by atoms with Crippen molar-refractivity contribution in [2.75, 3.05) is 19.6 Å². The maximum atomic E-state index is 13.8. The lowest BCUT2D eigenvalue weighted by Gasteiger charge is -2.30. The van der Waals surface area contributed by atoms with E-state index in [1.807, 2.05) is 54.1 Å². The number of rotatable bonds is 2. The fraction of sp³-hybridized carbons (Fsp3) is 0.533. The van der Waals surface area contributed by atoms with Gasteiger partial charge < -0.3 is 24.8 Å². The van der Waals surface area contributed by atoms with Crippen molar-refractivity contribution in [2.45, 2.75) is 56.5 Å². The predicted molar refractivity (Wildman–Crippen MR) is 145 cm³/mol. The molecule has 0 radical (unpaired) electrons. The predicted octanol–water partition coefficient (Wildman–Crippen LogP) is 2.95. The Morgan fingerprint density at radius 1 is 1.05 bits per heavy atom.